The molecule has 9 aromatic carbocycles. The Morgan fingerprint density at radius 2 is 0.769 bits per heavy atom. The molecule has 6 heterocycles. The molecule has 0 amide bonds. The summed E-state index contributed by atoms with van der Waals surface area (Å²) in [7, 11) is -2.27. The molecule has 382 valence electrons. The normalized spacial score (nSPS) is 14.7. The number of aryl methyl sites for hydroxylation is 3. The van der Waals surface area contributed by atoms with Crippen LogP contribution in [0, 0.1) is 20.8 Å². The zero-order valence-corrected chi connectivity index (χ0v) is 46.3. The van der Waals surface area contributed by atoms with Gasteiger partial charge in [0, 0.05) is 66.3 Å². The Morgan fingerprint density at radius 3 is 1.28 bits per heavy atom. The highest BCUT2D eigenvalue weighted by molar-refractivity contribution is 7.11. The third kappa shape index (κ3) is 7.68. The van der Waals surface area contributed by atoms with Gasteiger partial charge in [0.1, 0.15) is 25.3 Å². The number of aromatic nitrogens is 3. The van der Waals surface area contributed by atoms with E-state index in [4.69, 9.17) is 14.2 Å². The van der Waals surface area contributed by atoms with Crippen LogP contribution in [-0.4, -0.2) is 8.07 Å². The molecule has 1 saturated carbocycles. The summed E-state index contributed by atoms with van der Waals surface area (Å²) in [5.41, 5.74) is 11.7. The van der Waals surface area contributed by atoms with Crippen molar-refractivity contribution in [3.63, 3.8) is 0 Å². The number of hydrogen-bond acceptors (Lipinski definition) is 3. The van der Waals surface area contributed by atoms with Crippen molar-refractivity contribution in [2.45, 2.75) is 92.0 Å². The second-order valence-corrected chi connectivity index (χ2v) is 26.4. The molecule has 0 N–H and O–H groups in total. The lowest BCUT2D eigenvalue weighted by molar-refractivity contribution is -0.707. The van der Waals surface area contributed by atoms with Crippen LogP contribution in [0.2, 0.25) is 6.55 Å². The van der Waals surface area contributed by atoms with Gasteiger partial charge in [0.2, 0.25) is 16.6 Å². The number of hydrogen-bond donors (Lipinski definition) is 0. The zero-order valence-electron chi connectivity index (χ0n) is 45.3. The first-order valence-corrected chi connectivity index (χ1v) is 30.4. The molecule has 78 heavy (non-hydrogen) atoms. The third-order valence-electron chi connectivity index (χ3n) is 18.0. The number of ether oxygens (including phenoxy) is 3. The molecular weight excluding hydrogens is 971 g/mol. The first-order chi connectivity index (χ1) is 38.2. The highest BCUT2D eigenvalue weighted by Crippen LogP contribution is 2.48. The second kappa shape index (κ2) is 19.0. The lowest BCUT2D eigenvalue weighted by Crippen LogP contribution is -2.65. The van der Waals surface area contributed by atoms with Crippen molar-refractivity contribution >= 4 is 88.7 Å². The minimum Gasteiger partial charge on any atom is -0.435 e. The molecule has 3 aliphatic heterocycles. The van der Waals surface area contributed by atoms with Crippen LogP contribution < -0.4 is 43.5 Å². The van der Waals surface area contributed by atoms with Crippen LogP contribution in [0.4, 0.5) is 0 Å². The monoisotopic (exact) mass is 1030 g/mol. The molecule has 16 rings (SSSR count). The van der Waals surface area contributed by atoms with Gasteiger partial charge in [-0.25, -0.2) is 0 Å². The second-order valence-electron chi connectivity index (χ2n) is 22.5. The SMILES string of the molecule is Cc1ccc2ccc3ccc(-c4ccccc4)c4c3c2[n+]1CO4.Cc1ccc2ccc3ccc(C4(C)CCCCC4)c4c3c2[n+]1CO4.Cc1ccc2ccc3ccc([Si](C)(c4ccccc4)c4ccccc4)c4c3c2[n+]1CO4. The number of nitrogens with zero attached hydrogens (tertiary/aromatic N) is 3. The Morgan fingerprint density at radius 1 is 0.385 bits per heavy atom. The van der Waals surface area contributed by atoms with Crippen LogP contribution in [0.5, 0.6) is 17.2 Å². The van der Waals surface area contributed by atoms with Crippen LogP contribution in [0.1, 0.15) is 61.7 Å². The van der Waals surface area contributed by atoms with E-state index in [1.165, 1.54) is 146 Å². The summed E-state index contributed by atoms with van der Waals surface area (Å²) in [4.78, 5) is 0. The standard InChI is InChI=1S/C28H24NOSi.C22H24NO.C21H16NO/c1-20-13-14-22-16-15-21-17-18-25(28-26(21)27(22)29(20)19-30-28)31(2,23-9-5-3-6-10-23)24-11-7-4-8-12-24;1-15-6-7-17-9-8-16-10-11-18(22(2)12-4-3-5-13-22)21-19(16)20(17)23(15)14-24-21;1-14-7-8-17-10-9-16-11-12-18(15-5-3-2-4-6-15)21-19(16)20(17)22(14)13-23-21/h3-18H,19H2,1-2H3;6-11H,3-5,12-14H2,1-2H3;2-12H,13H2,1H3/q3*+1. The molecule has 0 unspecified atom stereocenters. The Bertz CT molecular complexity index is 4330. The Kier molecular flexibility index (Phi) is 11.7. The largest absolute Gasteiger partial charge is 0.435 e. The van der Waals surface area contributed by atoms with Crippen LogP contribution in [0.25, 0.3) is 76.2 Å². The fourth-order valence-corrected chi connectivity index (χ4v) is 17.3. The van der Waals surface area contributed by atoms with E-state index in [0.717, 1.165) is 17.2 Å². The molecule has 6 nitrogen and oxygen atoms in total. The first kappa shape index (κ1) is 48.0. The van der Waals surface area contributed by atoms with Crippen molar-refractivity contribution in [1.29, 1.82) is 0 Å². The summed E-state index contributed by atoms with van der Waals surface area (Å²) in [5, 5.41) is 15.5. The topological polar surface area (TPSA) is 39.3 Å². The van der Waals surface area contributed by atoms with E-state index in [1.54, 1.807) is 0 Å². The summed E-state index contributed by atoms with van der Waals surface area (Å²) in [6.45, 7) is 13.1. The molecule has 0 bridgehead atoms. The minimum absolute atomic E-state index is 0.260. The van der Waals surface area contributed by atoms with Gasteiger partial charge in [0.05, 0.1) is 16.2 Å². The van der Waals surface area contributed by atoms with E-state index in [9.17, 15) is 0 Å². The molecule has 0 radical (unpaired) electrons. The molecule has 0 saturated heterocycles. The van der Waals surface area contributed by atoms with E-state index in [-0.39, 0.29) is 5.41 Å². The lowest BCUT2D eigenvalue weighted by atomic mass is 9.70. The van der Waals surface area contributed by atoms with Crippen molar-refractivity contribution in [2.75, 3.05) is 0 Å². The lowest BCUT2D eigenvalue weighted by Gasteiger charge is -2.36. The Labute approximate surface area is 457 Å². The maximum absolute atomic E-state index is 6.58. The summed E-state index contributed by atoms with van der Waals surface area (Å²) < 4.78 is 26.1. The highest BCUT2D eigenvalue weighted by atomic mass is 28.3. The smallest absolute Gasteiger partial charge is 0.292 e. The maximum atomic E-state index is 6.58. The molecule has 0 spiro atoms. The predicted octanol–water partition coefficient (Wildman–Crippen LogP) is 13.8. The average Bonchev–Trinajstić information content (AvgIpc) is 3.57. The minimum atomic E-state index is -2.27. The molecule has 7 heteroatoms. The van der Waals surface area contributed by atoms with E-state index < -0.39 is 8.07 Å². The average molecular weight is 1040 g/mol. The first-order valence-electron chi connectivity index (χ1n) is 27.9. The number of benzene rings is 9. The van der Waals surface area contributed by atoms with Crippen LogP contribution in [0.15, 0.2) is 200 Å². The van der Waals surface area contributed by atoms with Gasteiger partial charge >= 0.3 is 0 Å². The molecular formula is C71H64N3O3Si+3. The van der Waals surface area contributed by atoms with E-state index in [0.29, 0.717) is 20.2 Å². The number of rotatable bonds is 5. The Hall–Kier alpha value is -8.39. The van der Waals surface area contributed by atoms with Crippen molar-refractivity contribution < 1.29 is 27.9 Å². The van der Waals surface area contributed by atoms with Gasteiger partial charge in [-0.3, -0.25) is 0 Å². The number of pyridine rings is 3. The Balaban J connectivity index is 0.000000108. The van der Waals surface area contributed by atoms with Gasteiger partial charge in [-0.1, -0.05) is 172 Å². The summed E-state index contributed by atoms with van der Waals surface area (Å²) in [6.07, 6.45) is 6.60. The van der Waals surface area contributed by atoms with Crippen molar-refractivity contribution in [1.82, 2.24) is 0 Å². The molecule has 12 aromatic rings. The fourth-order valence-electron chi connectivity index (χ4n) is 13.5. The van der Waals surface area contributed by atoms with Crippen molar-refractivity contribution in [2.24, 2.45) is 0 Å². The van der Waals surface area contributed by atoms with E-state index >= 15 is 0 Å². The van der Waals surface area contributed by atoms with Gasteiger partial charge < -0.3 is 14.2 Å². The molecule has 4 aliphatic rings. The molecule has 1 fully saturated rings. The highest BCUT2D eigenvalue weighted by Gasteiger charge is 2.40. The molecule has 3 aromatic heterocycles. The quantitative estimate of drug-likeness (QED) is 0.0746. The van der Waals surface area contributed by atoms with Crippen LogP contribution in [-0.2, 0) is 25.6 Å². The van der Waals surface area contributed by atoms with E-state index in [2.05, 4.69) is 242 Å². The van der Waals surface area contributed by atoms with Gasteiger partial charge in [-0.05, 0) is 98.0 Å². The fraction of sp³-hybridized carbons (Fsp3) is 0.197. The third-order valence-corrected chi connectivity index (χ3v) is 22.4. The van der Waals surface area contributed by atoms with Gasteiger partial charge in [-0.15, -0.1) is 0 Å². The molecule has 1 aliphatic carbocycles. The van der Waals surface area contributed by atoms with Gasteiger partial charge in [0.25, 0.3) is 20.2 Å². The summed E-state index contributed by atoms with van der Waals surface area (Å²) in [5.74, 6) is 3.22. The summed E-state index contributed by atoms with van der Waals surface area (Å²) >= 11 is 0. The summed E-state index contributed by atoms with van der Waals surface area (Å²) in [6, 6.07) is 72.5. The predicted molar refractivity (Wildman–Crippen MR) is 320 cm³/mol. The molecule has 0 atom stereocenters. The zero-order chi connectivity index (χ0) is 52.7. The maximum Gasteiger partial charge on any atom is 0.292 e. The van der Waals surface area contributed by atoms with Crippen molar-refractivity contribution in [3.05, 3.63) is 223 Å². The van der Waals surface area contributed by atoms with Gasteiger partial charge in [0.15, 0.2) is 17.1 Å². The van der Waals surface area contributed by atoms with E-state index in [1.807, 2.05) is 6.07 Å². The van der Waals surface area contributed by atoms with Crippen molar-refractivity contribution in [3.8, 4) is 28.4 Å². The van der Waals surface area contributed by atoms with Gasteiger partial charge in [-0.2, -0.15) is 13.7 Å². The van der Waals surface area contributed by atoms with Crippen LogP contribution in [0.3, 0.4) is 0 Å². The van der Waals surface area contributed by atoms with Crippen LogP contribution >= 0.6 is 0 Å².